The predicted molar refractivity (Wildman–Crippen MR) is 245 cm³/mol. The SMILES string of the molecule is COc1cc2c(cc1OCc1cc(COc3cc4c(cc3OC)C(=O)N3c5ccccc5C[C@H]3CN4)cc(OCCCCC(=O)NCCS)c1)N=C[C@@H]1Cc3ccccc3N1C2=O. The summed E-state index contributed by atoms with van der Waals surface area (Å²) in [5.41, 5.74) is 7.83. The molecule has 0 aromatic heterocycles. The van der Waals surface area contributed by atoms with E-state index in [-0.39, 0.29) is 43.0 Å². The van der Waals surface area contributed by atoms with Crippen LogP contribution in [-0.2, 0) is 30.8 Å². The molecule has 9 rings (SSSR count). The molecule has 3 amide bonds. The first kappa shape index (κ1) is 41.7. The van der Waals surface area contributed by atoms with E-state index in [1.807, 2.05) is 77.8 Å². The van der Waals surface area contributed by atoms with Gasteiger partial charge in [0.1, 0.15) is 19.0 Å². The van der Waals surface area contributed by atoms with E-state index in [1.165, 1.54) is 0 Å². The van der Waals surface area contributed by atoms with Crippen LogP contribution in [0.4, 0.5) is 22.7 Å². The quantitative estimate of drug-likeness (QED) is 0.0672. The van der Waals surface area contributed by atoms with Crippen LogP contribution in [0.2, 0.25) is 0 Å². The Morgan fingerprint density at radius 1 is 0.762 bits per heavy atom. The Morgan fingerprint density at radius 2 is 1.41 bits per heavy atom. The molecule has 0 fully saturated rings. The molecule has 0 aliphatic carbocycles. The second-order valence-electron chi connectivity index (χ2n) is 15.9. The van der Waals surface area contributed by atoms with Crippen molar-refractivity contribution in [3.8, 4) is 28.7 Å². The first-order chi connectivity index (χ1) is 30.8. The number of fused-ring (bicyclic) bond motifs is 8. The van der Waals surface area contributed by atoms with Crippen molar-refractivity contribution in [1.82, 2.24) is 5.32 Å². The zero-order valence-corrected chi connectivity index (χ0v) is 36.1. The zero-order chi connectivity index (χ0) is 43.5. The monoisotopic (exact) mass is 867 g/mol. The van der Waals surface area contributed by atoms with Crippen LogP contribution in [0.15, 0.2) is 96.0 Å². The average Bonchev–Trinajstić information content (AvgIpc) is 3.80. The van der Waals surface area contributed by atoms with Crippen LogP contribution in [0.3, 0.4) is 0 Å². The van der Waals surface area contributed by atoms with Crippen LogP contribution in [0, 0.1) is 0 Å². The van der Waals surface area contributed by atoms with Crippen LogP contribution < -0.4 is 44.1 Å². The maximum absolute atomic E-state index is 14.0. The first-order valence-corrected chi connectivity index (χ1v) is 21.9. The number of nitrogens with zero attached hydrogens (tertiary/aromatic N) is 3. The average molecular weight is 868 g/mol. The largest absolute Gasteiger partial charge is 0.494 e. The van der Waals surface area contributed by atoms with Gasteiger partial charge in [0.25, 0.3) is 11.8 Å². The number of amides is 3. The molecule has 13 nitrogen and oxygen atoms in total. The third-order valence-corrected chi connectivity index (χ3v) is 12.0. The third kappa shape index (κ3) is 8.59. The summed E-state index contributed by atoms with van der Waals surface area (Å²) in [7, 11) is 3.11. The molecule has 2 atom stereocenters. The second-order valence-corrected chi connectivity index (χ2v) is 16.4. The van der Waals surface area contributed by atoms with Crippen molar-refractivity contribution in [2.24, 2.45) is 4.99 Å². The van der Waals surface area contributed by atoms with Crippen molar-refractivity contribution >= 4 is 59.3 Å². The fraction of sp³-hybridized carbons (Fsp3) is 0.306. The Hall–Kier alpha value is -6.67. The highest BCUT2D eigenvalue weighted by Crippen LogP contribution is 2.43. The molecule has 14 heteroatoms. The van der Waals surface area contributed by atoms with Crippen LogP contribution in [0.25, 0.3) is 0 Å². The van der Waals surface area contributed by atoms with E-state index in [4.69, 9.17) is 28.7 Å². The maximum Gasteiger partial charge on any atom is 0.261 e. The van der Waals surface area contributed by atoms with E-state index in [0.717, 1.165) is 40.0 Å². The Morgan fingerprint density at radius 3 is 2.13 bits per heavy atom. The summed E-state index contributed by atoms with van der Waals surface area (Å²) in [6.07, 6.45) is 5.06. The van der Waals surface area contributed by atoms with E-state index >= 15 is 0 Å². The van der Waals surface area contributed by atoms with Gasteiger partial charge in [0, 0.05) is 61.4 Å². The topological polar surface area (TPSA) is 140 Å². The van der Waals surface area contributed by atoms with E-state index in [1.54, 1.807) is 37.3 Å². The van der Waals surface area contributed by atoms with Crippen molar-refractivity contribution in [1.29, 1.82) is 0 Å². The number of rotatable bonds is 16. The van der Waals surface area contributed by atoms with Gasteiger partial charge in [-0.25, -0.2) is 0 Å². The number of carbonyl (C=O) groups is 3. The summed E-state index contributed by atoms with van der Waals surface area (Å²) in [4.78, 5) is 48.6. The number of ether oxygens (including phenoxy) is 5. The number of hydrogen-bond acceptors (Lipinski definition) is 11. The molecule has 0 bridgehead atoms. The molecular formula is C49H49N5O8S. The van der Waals surface area contributed by atoms with Gasteiger partial charge in [0.15, 0.2) is 23.0 Å². The number of aliphatic imine (C=N–C) groups is 1. The fourth-order valence-electron chi connectivity index (χ4n) is 8.76. The Balaban J connectivity index is 0.939. The number of hydrogen-bond donors (Lipinski definition) is 3. The molecule has 324 valence electrons. The van der Waals surface area contributed by atoms with Crippen LogP contribution in [0.1, 0.15) is 62.2 Å². The summed E-state index contributed by atoms with van der Waals surface area (Å²) in [6.45, 7) is 1.82. The van der Waals surface area contributed by atoms with Crippen LogP contribution in [-0.4, -0.2) is 75.7 Å². The van der Waals surface area contributed by atoms with E-state index in [2.05, 4.69) is 29.3 Å². The highest BCUT2D eigenvalue weighted by molar-refractivity contribution is 7.80. The van der Waals surface area contributed by atoms with Crippen LogP contribution >= 0.6 is 12.6 Å². The maximum atomic E-state index is 14.0. The number of benzene rings is 5. The highest BCUT2D eigenvalue weighted by atomic mass is 32.1. The lowest BCUT2D eigenvalue weighted by molar-refractivity contribution is -0.121. The van der Waals surface area contributed by atoms with Gasteiger partial charge in [-0.3, -0.25) is 24.3 Å². The smallest absolute Gasteiger partial charge is 0.261 e. The van der Waals surface area contributed by atoms with E-state index in [9.17, 15) is 14.4 Å². The zero-order valence-electron chi connectivity index (χ0n) is 35.2. The molecule has 0 spiro atoms. The standard InChI is InChI=1S/C49H49N5O8S/c1-58-43-22-37-39(51-26-34-20-32-9-3-5-11-41(32)53(34)48(37)56)24-45(43)61-28-30-17-31(19-36(18-30)60-15-8-7-13-47(55)50-14-16-63)29-62-46-25-40-38(23-44(46)59-2)49(57)54-35(27-52-40)21-33-10-4-6-12-42(33)54/h3-6,9-12,17-19,22-26,34-35,52,63H,7-8,13-16,20-21,27-29H2,1-2H3,(H,50,55)/t34-,35-/m0/s1. The molecule has 0 saturated carbocycles. The lowest BCUT2D eigenvalue weighted by Gasteiger charge is -2.22. The van der Waals surface area contributed by atoms with E-state index < -0.39 is 0 Å². The first-order valence-electron chi connectivity index (χ1n) is 21.3. The van der Waals surface area contributed by atoms with Crippen molar-refractivity contribution in [3.05, 3.63) is 124 Å². The highest BCUT2D eigenvalue weighted by Gasteiger charge is 2.38. The summed E-state index contributed by atoms with van der Waals surface area (Å²) >= 11 is 4.16. The van der Waals surface area contributed by atoms with Gasteiger partial charge in [-0.2, -0.15) is 12.6 Å². The van der Waals surface area contributed by atoms with Crippen molar-refractivity contribution < 1.29 is 38.1 Å². The summed E-state index contributed by atoms with van der Waals surface area (Å²) < 4.78 is 30.7. The Labute approximate surface area is 371 Å². The Bertz CT molecular complexity index is 2600. The lowest BCUT2D eigenvalue weighted by atomic mass is 10.1. The Kier molecular flexibility index (Phi) is 12.1. The second kappa shape index (κ2) is 18.4. The predicted octanol–water partition coefficient (Wildman–Crippen LogP) is 7.74. The molecule has 63 heavy (non-hydrogen) atoms. The molecule has 4 aliphatic heterocycles. The summed E-state index contributed by atoms with van der Waals surface area (Å²) in [5.74, 6) is 2.73. The van der Waals surface area contributed by atoms with Gasteiger partial charge in [0.05, 0.1) is 55.4 Å². The van der Waals surface area contributed by atoms with Crippen LogP contribution in [0.5, 0.6) is 28.7 Å². The minimum Gasteiger partial charge on any atom is -0.494 e. The number of para-hydroxylation sites is 2. The number of carbonyl (C=O) groups excluding carboxylic acids is 3. The summed E-state index contributed by atoms with van der Waals surface area (Å²) in [5, 5.41) is 6.34. The van der Waals surface area contributed by atoms with Crippen molar-refractivity contribution in [2.45, 2.75) is 57.4 Å². The van der Waals surface area contributed by atoms with Crippen molar-refractivity contribution in [2.75, 3.05) is 54.8 Å². The lowest BCUT2D eigenvalue weighted by Crippen LogP contribution is -2.39. The molecular weight excluding hydrogens is 819 g/mol. The minimum absolute atomic E-state index is 0.00453. The van der Waals surface area contributed by atoms with Crippen molar-refractivity contribution in [3.63, 3.8) is 0 Å². The molecule has 4 heterocycles. The molecule has 0 radical (unpaired) electrons. The van der Waals surface area contributed by atoms with Gasteiger partial charge in [-0.15, -0.1) is 0 Å². The van der Waals surface area contributed by atoms with Gasteiger partial charge >= 0.3 is 0 Å². The molecule has 2 N–H and O–H groups in total. The number of unbranched alkanes of at least 4 members (excludes halogenated alkanes) is 1. The fourth-order valence-corrected chi connectivity index (χ4v) is 8.87. The van der Waals surface area contributed by atoms with E-state index in [0.29, 0.717) is 102 Å². The molecule has 5 aromatic carbocycles. The molecule has 0 saturated heterocycles. The van der Waals surface area contributed by atoms with Gasteiger partial charge < -0.3 is 39.2 Å². The number of nitrogens with one attached hydrogen (secondary N) is 2. The molecule has 5 aromatic rings. The number of methoxy groups -OCH3 is 2. The number of thiol groups is 1. The molecule has 4 aliphatic rings. The van der Waals surface area contributed by atoms with Gasteiger partial charge in [0.2, 0.25) is 5.91 Å². The van der Waals surface area contributed by atoms with Gasteiger partial charge in [-0.1, -0.05) is 36.4 Å². The third-order valence-electron chi connectivity index (χ3n) is 11.8. The number of anilines is 3. The van der Waals surface area contributed by atoms with Gasteiger partial charge in [-0.05, 0) is 84.0 Å². The normalized spacial score (nSPS) is 16.6. The summed E-state index contributed by atoms with van der Waals surface area (Å²) in [6, 6.07) is 28.6. The minimum atomic E-state index is -0.184. The molecule has 0 unspecified atom stereocenters.